The van der Waals surface area contributed by atoms with Crippen molar-refractivity contribution in [3.05, 3.63) is 53.8 Å². The fourth-order valence-corrected chi connectivity index (χ4v) is 4.24. The Morgan fingerprint density at radius 3 is 2.56 bits per heavy atom. The van der Waals surface area contributed by atoms with Gasteiger partial charge in [-0.1, -0.05) is 0 Å². The SMILES string of the molecule is Cc1cc(F)ccc1S(=O)(=O)Nc1ccc(N2CCOCC2C)cc1. The van der Waals surface area contributed by atoms with Crippen LogP contribution in [0.3, 0.4) is 0 Å². The molecule has 5 nitrogen and oxygen atoms in total. The molecular formula is C18H21FN2O3S. The van der Waals surface area contributed by atoms with Gasteiger partial charge >= 0.3 is 0 Å². The van der Waals surface area contributed by atoms with Crippen molar-refractivity contribution >= 4 is 21.4 Å². The number of anilines is 2. The molecule has 7 heteroatoms. The summed E-state index contributed by atoms with van der Waals surface area (Å²) in [6, 6.07) is 11.1. The first-order valence-electron chi connectivity index (χ1n) is 8.10. The molecule has 0 radical (unpaired) electrons. The largest absolute Gasteiger partial charge is 0.377 e. The monoisotopic (exact) mass is 364 g/mol. The molecule has 2 aromatic carbocycles. The molecule has 25 heavy (non-hydrogen) atoms. The van der Waals surface area contributed by atoms with Gasteiger partial charge in [0.2, 0.25) is 0 Å². The summed E-state index contributed by atoms with van der Waals surface area (Å²) in [7, 11) is -3.76. The number of hydrogen-bond acceptors (Lipinski definition) is 4. The normalized spacial score (nSPS) is 18.2. The lowest BCUT2D eigenvalue weighted by atomic mass is 10.2. The molecule has 0 aromatic heterocycles. The van der Waals surface area contributed by atoms with Crippen LogP contribution in [-0.4, -0.2) is 34.2 Å². The quantitative estimate of drug-likeness (QED) is 0.905. The van der Waals surface area contributed by atoms with Gasteiger partial charge < -0.3 is 9.64 Å². The van der Waals surface area contributed by atoms with Gasteiger partial charge in [0.15, 0.2) is 0 Å². The first-order valence-corrected chi connectivity index (χ1v) is 9.58. The van der Waals surface area contributed by atoms with Gasteiger partial charge in [0.05, 0.1) is 18.1 Å². The predicted octanol–water partition coefficient (Wildman–Crippen LogP) is 3.16. The molecule has 0 spiro atoms. The lowest BCUT2D eigenvalue weighted by molar-refractivity contribution is 0.0989. The number of sulfonamides is 1. The van der Waals surface area contributed by atoms with Crippen LogP contribution in [0.15, 0.2) is 47.4 Å². The average molecular weight is 364 g/mol. The molecule has 1 unspecified atom stereocenters. The van der Waals surface area contributed by atoms with E-state index >= 15 is 0 Å². The summed E-state index contributed by atoms with van der Waals surface area (Å²) in [6.45, 7) is 5.83. The standard InChI is InChI=1S/C18H21FN2O3S/c1-13-11-15(19)3-8-18(13)25(22,23)20-16-4-6-17(7-5-16)21-9-10-24-12-14(21)2/h3-8,11,14,20H,9-10,12H2,1-2H3. The third-order valence-corrected chi connectivity index (χ3v) is 5.79. The van der Waals surface area contributed by atoms with Gasteiger partial charge in [0, 0.05) is 24.0 Å². The molecule has 1 fully saturated rings. The van der Waals surface area contributed by atoms with Crippen LogP contribution in [0.4, 0.5) is 15.8 Å². The maximum atomic E-state index is 13.2. The Kier molecular flexibility index (Phi) is 4.96. The number of morpholine rings is 1. The number of nitrogens with one attached hydrogen (secondary N) is 1. The summed E-state index contributed by atoms with van der Waals surface area (Å²) in [5.41, 5.74) is 1.86. The molecule has 0 bridgehead atoms. The Balaban J connectivity index is 1.78. The predicted molar refractivity (Wildman–Crippen MR) is 96.0 cm³/mol. The second-order valence-corrected chi connectivity index (χ2v) is 7.83. The Labute approximate surface area is 147 Å². The molecule has 2 aromatic rings. The topological polar surface area (TPSA) is 58.6 Å². The van der Waals surface area contributed by atoms with Gasteiger partial charge in [-0.05, 0) is 61.9 Å². The number of rotatable bonds is 4. The van der Waals surface area contributed by atoms with Crippen molar-refractivity contribution in [3.63, 3.8) is 0 Å². The molecule has 1 atom stereocenters. The highest BCUT2D eigenvalue weighted by Gasteiger charge is 2.20. The average Bonchev–Trinajstić information content (AvgIpc) is 2.55. The van der Waals surface area contributed by atoms with Crippen LogP contribution in [0.25, 0.3) is 0 Å². The van der Waals surface area contributed by atoms with Crippen LogP contribution in [-0.2, 0) is 14.8 Å². The number of aryl methyl sites for hydroxylation is 1. The summed E-state index contributed by atoms with van der Waals surface area (Å²) in [6.07, 6.45) is 0. The third-order valence-electron chi connectivity index (χ3n) is 4.25. The van der Waals surface area contributed by atoms with E-state index in [0.717, 1.165) is 18.3 Å². The lowest BCUT2D eigenvalue weighted by Gasteiger charge is -2.35. The summed E-state index contributed by atoms with van der Waals surface area (Å²) >= 11 is 0. The van der Waals surface area contributed by atoms with Crippen LogP contribution in [0.2, 0.25) is 0 Å². The van der Waals surface area contributed by atoms with Gasteiger partial charge in [-0.25, -0.2) is 12.8 Å². The molecule has 0 saturated carbocycles. The molecule has 0 amide bonds. The molecular weight excluding hydrogens is 343 g/mol. The molecule has 1 heterocycles. The van der Waals surface area contributed by atoms with Crippen molar-refractivity contribution in [2.45, 2.75) is 24.8 Å². The van der Waals surface area contributed by atoms with Gasteiger partial charge in [0.25, 0.3) is 10.0 Å². The highest BCUT2D eigenvalue weighted by molar-refractivity contribution is 7.92. The van der Waals surface area contributed by atoms with Gasteiger partial charge in [-0.15, -0.1) is 0 Å². The smallest absolute Gasteiger partial charge is 0.262 e. The summed E-state index contributed by atoms with van der Waals surface area (Å²) < 4.78 is 46.2. The van der Waals surface area contributed by atoms with E-state index < -0.39 is 15.8 Å². The summed E-state index contributed by atoms with van der Waals surface area (Å²) in [5, 5.41) is 0. The molecule has 134 valence electrons. The number of hydrogen-bond donors (Lipinski definition) is 1. The number of ether oxygens (including phenoxy) is 1. The van der Waals surface area contributed by atoms with E-state index in [1.807, 2.05) is 12.1 Å². The zero-order chi connectivity index (χ0) is 18.0. The van der Waals surface area contributed by atoms with Crippen molar-refractivity contribution in [2.24, 2.45) is 0 Å². The van der Waals surface area contributed by atoms with E-state index in [2.05, 4.69) is 16.5 Å². The van der Waals surface area contributed by atoms with Crippen molar-refractivity contribution in [3.8, 4) is 0 Å². The zero-order valence-electron chi connectivity index (χ0n) is 14.2. The molecule has 3 rings (SSSR count). The highest BCUT2D eigenvalue weighted by Crippen LogP contribution is 2.24. The summed E-state index contributed by atoms with van der Waals surface area (Å²) in [5.74, 6) is -0.458. The van der Waals surface area contributed by atoms with Crippen LogP contribution in [0.5, 0.6) is 0 Å². The fourth-order valence-electron chi connectivity index (χ4n) is 2.96. The van der Waals surface area contributed by atoms with Gasteiger partial charge in [-0.2, -0.15) is 0 Å². The molecule has 1 aliphatic heterocycles. The number of halogens is 1. The molecule has 1 saturated heterocycles. The molecule has 1 N–H and O–H groups in total. The van der Waals surface area contributed by atoms with Crippen molar-refractivity contribution in [2.75, 3.05) is 29.4 Å². The fraction of sp³-hybridized carbons (Fsp3) is 0.333. The molecule has 0 aliphatic carbocycles. The third kappa shape index (κ3) is 3.93. The highest BCUT2D eigenvalue weighted by atomic mass is 32.2. The van der Waals surface area contributed by atoms with E-state index in [-0.39, 0.29) is 10.9 Å². The summed E-state index contributed by atoms with van der Waals surface area (Å²) in [4.78, 5) is 2.30. The minimum atomic E-state index is -3.76. The van der Waals surface area contributed by atoms with E-state index in [1.54, 1.807) is 19.1 Å². The van der Waals surface area contributed by atoms with Crippen LogP contribution >= 0.6 is 0 Å². The van der Waals surface area contributed by atoms with Crippen molar-refractivity contribution in [1.82, 2.24) is 0 Å². The number of benzene rings is 2. The van der Waals surface area contributed by atoms with E-state index in [4.69, 9.17) is 4.74 Å². The first-order chi connectivity index (χ1) is 11.9. The van der Waals surface area contributed by atoms with Crippen LogP contribution in [0, 0.1) is 12.7 Å². The zero-order valence-corrected chi connectivity index (χ0v) is 15.0. The lowest BCUT2D eigenvalue weighted by Crippen LogP contribution is -2.43. The van der Waals surface area contributed by atoms with E-state index in [9.17, 15) is 12.8 Å². The maximum Gasteiger partial charge on any atom is 0.262 e. The first kappa shape index (κ1) is 17.7. The maximum absolute atomic E-state index is 13.2. The van der Waals surface area contributed by atoms with Crippen LogP contribution in [0.1, 0.15) is 12.5 Å². The minimum Gasteiger partial charge on any atom is -0.377 e. The van der Waals surface area contributed by atoms with E-state index in [0.29, 0.717) is 24.5 Å². The van der Waals surface area contributed by atoms with E-state index in [1.165, 1.54) is 12.1 Å². The Bertz CT molecular complexity index is 853. The second kappa shape index (κ2) is 7.01. The van der Waals surface area contributed by atoms with Crippen LogP contribution < -0.4 is 9.62 Å². The Morgan fingerprint density at radius 1 is 1.20 bits per heavy atom. The van der Waals surface area contributed by atoms with Gasteiger partial charge in [-0.3, -0.25) is 4.72 Å². The van der Waals surface area contributed by atoms with Gasteiger partial charge in [0.1, 0.15) is 5.82 Å². The van der Waals surface area contributed by atoms with Crippen molar-refractivity contribution < 1.29 is 17.5 Å². The van der Waals surface area contributed by atoms with Crippen molar-refractivity contribution in [1.29, 1.82) is 0 Å². The molecule has 1 aliphatic rings. The Hall–Kier alpha value is -2.12. The number of nitrogens with zero attached hydrogens (tertiary/aromatic N) is 1. The second-order valence-electron chi connectivity index (χ2n) is 6.18. The Morgan fingerprint density at radius 2 is 1.92 bits per heavy atom. The minimum absolute atomic E-state index is 0.0692.